The molecule has 0 amide bonds. The van der Waals surface area contributed by atoms with Crippen molar-refractivity contribution in [1.29, 1.82) is 0 Å². The molecule has 0 fully saturated rings. The summed E-state index contributed by atoms with van der Waals surface area (Å²) in [5.41, 5.74) is 1.22. The molecular formula is C18H16N4S2. The summed E-state index contributed by atoms with van der Waals surface area (Å²) in [6.07, 6.45) is 3.80. The number of fused-ring (bicyclic) bond motifs is 1. The van der Waals surface area contributed by atoms with Gasteiger partial charge in [-0.15, -0.1) is 11.3 Å². The van der Waals surface area contributed by atoms with E-state index >= 15 is 0 Å². The van der Waals surface area contributed by atoms with E-state index in [9.17, 15) is 0 Å². The van der Waals surface area contributed by atoms with Gasteiger partial charge in [-0.3, -0.25) is 0 Å². The zero-order valence-corrected chi connectivity index (χ0v) is 15.1. The SMILES string of the molecule is Cc1nc(SCc2nccn2C)c2cc(-c3ccccc3)sc2n1. The van der Waals surface area contributed by atoms with Crippen molar-refractivity contribution in [3.63, 3.8) is 0 Å². The summed E-state index contributed by atoms with van der Waals surface area (Å²) in [7, 11) is 2.02. The van der Waals surface area contributed by atoms with E-state index in [1.165, 1.54) is 10.4 Å². The van der Waals surface area contributed by atoms with Crippen LogP contribution in [0, 0.1) is 6.92 Å². The third kappa shape index (κ3) is 2.95. The van der Waals surface area contributed by atoms with Gasteiger partial charge < -0.3 is 4.57 Å². The third-order valence-corrected chi connectivity index (χ3v) is 5.85. The Kier molecular flexibility index (Phi) is 4.08. The molecule has 0 saturated carbocycles. The molecule has 0 aliphatic carbocycles. The Bertz CT molecular complexity index is 989. The Morgan fingerprint density at radius 1 is 1.17 bits per heavy atom. The first-order valence-electron chi connectivity index (χ1n) is 7.63. The van der Waals surface area contributed by atoms with Crippen molar-refractivity contribution in [3.05, 3.63) is 60.4 Å². The first-order chi connectivity index (χ1) is 11.7. The van der Waals surface area contributed by atoms with Gasteiger partial charge in [-0.05, 0) is 18.6 Å². The van der Waals surface area contributed by atoms with Crippen molar-refractivity contribution in [2.75, 3.05) is 0 Å². The molecule has 0 aliphatic heterocycles. The number of thioether (sulfide) groups is 1. The van der Waals surface area contributed by atoms with Gasteiger partial charge in [-0.2, -0.15) is 0 Å². The minimum atomic E-state index is 0.797. The Morgan fingerprint density at radius 3 is 2.75 bits per heavy atom. The molecule has 4 rings (SSSR count). The van der Waals surface area contributed by atoms with Crippen LogP contribution in [0.2, 0.25) is 0 Å². The second kappa shape index (κ2) is 6.37. The highest BCUT2D eigenvalue weighted by molar-refractivity contribution is 7.98. The van der Waals surface area contributed by atoms with Gasteiger partial charge in [0.25, 0.3) is 0 Å². The third-order valence-electron chi connectivity index (χ3n) is 3.79. The van der Waals surface area contributed by atoms with Crippen LogP contribution in [0.5, 0.6) is 0 Å². The molecule has 6 heteroatoms. The van der Waals surface area contributed by atoms with E-state index in [2.05, 4.69) is 45.3 Å². The number of aromatic nitrogens is 4. The van der Waals surface area contributed by atoms with Gasteiger partial charge in [0.05, 0.1) is 5.75 Å². The molecule has 24 heavy (non-hydrogen) atoms. The predicted molar refractivity (Wildman–Crippen MR) is 100 cm³/mol. The lowest BCUT2D eigenvalue weighted by Gasteiger charge is -2.04. The van der Waals surface area contributed by atoms with E-state index in [1.807, 2.05) is 37.0 Å². The summed E-state index contributed by atoms with van der Waals surface area (Å²) in [6.45, 7) is 1.95. The van der Waals surface area contributed by atoms with Gasteiger partial charge in [0, 0.05) is 29.7 Å². The van der Waals surface area contributed by atoms with Crippen molar-refractivity contribution in [1.82, 2.24) is 19.5 Å². The molecule has 4 nitrogen and oxygen atoms in total. The number of nitrogens with zero attached hydrogens (tertiary/aromatic N) is 4. The van der Waals surface area contributed by atoms with E-state index in [1.54, 1.807) is 23.1 Å². The van der Waals surface area contributed by atoms with E-state index in [-0.39, 0.29) is 0 Å². The molecule has 120 valence electrons. The molecular weight excluding hydrogens is 336 g/mol. The molecule has 3 aromatic heterocycles. The molecule has 0 atom stereocenters. The second-order valence-electron chi connectivity index (χ2n) is 5.51. The van der Waals surface area contributed by atoms with Crippen molar-refractivity contribution in [2.45, 2.75) is 17.7 Å². The molecule has 0 bridgehead atoms. The van der Waals surface area contributed by atoms with Gasteiger partial charge in [0.2, 0.25) is 0 Å². The zero-order chi connectivity index (χ0) is 16.5. The van der Waals surface area contributed by atoms with Crippen LogP contribution in [0.3, 0.4) is 0 Å². The first-order valence-corrected chi connectivity index (χ1v) is 9.43. The lowest BCUT2D eigenvalue weighted by Crippen LogP contribution is -1.96. The summed E-state index contributed by atoms with van der Waals surface area (Å²) in [5.74, 6) is 2.65. The minimum Gasteiger partial charge on any atom is -0.337 e. The van der Waals surface area contributed by atoms with Crippen molar-refractivity contribution in [2.24, 2.45) is 7.05 Å². The fraction of sp³-hybridized carbons (Fsp3) is 0.167. The zero-order valence-electron chi connectivity index (χ0n) is 13.4. The summed E-state index contributed by atoms with van der Waals surface area (Å²) >= 11 is 3.44. The van der Waals surface area contributed by atoms with Crippen LogP contribution >= 0.6 is 23.1 Å². The summed E-state index contributed by atoms with van der Waals surface area (Å²) in [5, 5.41) is 2.16. The first kappa shape index (κ1) is 15.4. The van der Waals surface area contributed by atoms with Crippen molar-refractivity contribution >= 4 is 33.3 Å². The Morgan fingerprint density at radius 2 is 2.00 bits per heavy atom. The molecule has 0 aliphatic rings. The normalized spacial score (nSPS) is 11.2. The van der Waals surface area contributed by atoms with Gasteiger partial charge in [-0.1, -0.05) is 42.1 Å². The van der Waals surface area contributed by atoms with Crippen LogP contribution in [0.25, 0.3) is 20.7 Å². The number of thiophene rings is 1. The van der Waals surface area contributed by atoms with E-state index in [4.69, 9.17) is 0 Å². The quantitative estimate of drug-likeness (QED) is 0.395. The van der Waals surface area contributed by atoms with Crippen LogP contribution in [0.1, 0.15) is 11.6 Å². The average molecular weight is 352 g/mol. The highest BCUT2D eigenvalue weighted by Crippen LogP contribution is 2.37. The largest absolute Gasteiger partial charge is 0.337 e. The summed E-state index contributed by atoms with van der Waals surface area (Å²) in [6, 6.07) is 12.6. The lowest BCUT2D eigenvalue weighted by atomic mass is 10.2. The van der Waals surface area contributed by atoms with Crippen LogP contribution in [-0.4, -0.2) is 19.5 Å². The highest BCUT2D eigenvalue weighted by atomic mass is 32.2. The molecule has 3 heterocycles. The predicted octanol–water partition coefficient (Wildman–Crippen LogP) is 4.69. The number of aryl methyl sites for hydroxylation is 2. The van der Waals surface area contributed by atoms with Gasteiger partial charge in [-0.25, -0.2) is 15.0 Å². The van der Waals surface area contributed by atoms with E-state index in [0.29, 0.717) is 0 Å². The molecule has 4 aromatic rings. The fourth-order valence-corrected chi connectivity index (χ4v) is 4.72. The monoisotopic (exact) mass is 352 g/mol. The van der Waals surface area contributed by atoms with E-state index < -0.39 is 0 Å². The van der Waals surface area contributed by atoms with Gasteiger partial charge in [0.1, 0.15) is 21.5 Å². The fourth-order valence-electron chi connectivity index (χ4n) is 2.52. The maximum atomic E-state index is 4.66. The smallest absolute Gasteiger partial charge is 0.128 e. The molecule has 1 aromatic carbocycles. The van der Waals surface area contributed by atoms with Crippen molar-refractivity contribution in [3.8, 4) is 10.4 Å². The van der Waals surface area contributed by atoms with Crippen LogP contribution in [0.4, 0.5) is 0 Å². The molecule has 0 unspecified atom stereocenters. The average Bonchev–Trinajstić information content (AvgIpc) is 3.19. The number of hydrogen-bond donors (Lipinski definition) is 0. The van der Waals surface area contributed by atoms with Gasteiger partial charge in [0.15, 0.2) is 0 Å². The topological polar surface area (TPSA) is 43.6 Å². The Hall–Kier alpha value is -2.18. The molecule has 0 radical (unpaired) electrons. The number of benzene rings is 1. The van der Waals surface area contributed by atoms with Crippen molar-refractivity contribution < 1.29 is 0 Å². The number of rotatable bonds is 4. The molecule has 0 spiro atoms. The van der Waals surface area contributed by atoms with E-state index in [0.717, 1.165) is 32.6 Å². The Labute approximate surface area is 148 Å². The number of hydrogen-bond acceptors (Lipinski definition) is 5. The maximum Gasteiger partial charge on any atom is 0.128 e. The van der Waals surface area contributed by atoms with Gasteiger partial charge >= 0.3 is 0 Å². The Balaban J connectivity index is 1.72. The highest BCUT2D eigenvalue weighted by Gasteiger charge is 2.13. The van der Waals surface area contributed by atoms with Crippen LogP contribution in [-0.2, 0) is 12.8 Å². The minimum absolute atomic E-state index is 0.797. The maximum absolute atomic E-state index is 4.66. The van der Waals surface area contributed by atoms with Crippen LogP contribution in [0.15, 0.2) is 53.8 Å². The summed E-state index contributed by atoms with van der Waals surface area (Å²) < 4.78 is 2.04. The standard InChI is InChI=1S/C18H16N4S2/c1-12-20-17(23-11-16-19-8-9-22(16)2)14-10-15(24-18(14)21-12)13-6-4-3-5-7-13/h3-10H,11H2,1-2H3. The second-order valence-corrected chi connectivity index (χ2v) is 7.51. The number of imidazole rings is 1. The molecule has 0 saturated heterocycles. The summed E-state index contributed by atoms with van der Waals surface area (Å²) in [4.78, 5) is 15.9. The van der Waals surface area contributed by atoms with Crippen LogP contribution < -0.4 is 0 Å². The molecule has 0 N–H and O–H groups in total. The lowest BCUT2D eigenvalue weighted by molar-refractivity contribution is 0.848.